The molecule has 2 aromatic carbocycles. The van der Waals surface area contributed by atoms with E-state index in [0.717, 1.165) is 11.8 Å². The van der Waals surface area contributed by atoms with Crippen LogP contribution in [0.25, 0.3) is 0 Å². The number of pyridine rings is 1. The molecule has 0 fully saturated rings. The molecule has 0 aliphatic carbocycles. The van der Waals surface area contributed by atoms with E-state index in [4.69, 9.17) is 9.84 Å². The number of carbonyl (C=O) groups excluding carboxylic acids is 3. The van der Waals surface area contributed by atoms with Gasteiger partial charge in [0.25, 0.3) is 15.9 Å². The fourth-order valence-corrected chi connectivity index (χ4v) is 4.35. The van der Waals surface area contributed by atoms with Crippen molar-refractivity contribution in [2.75, 3.05) is 19.7 Å². The summed E-state index contributed by atoms with van der Waals surface area (Å²) in [6.45, 7) is 0.0775. The highest BCUT2D eigenvalue weighted by Gasteiger charge is 2.20. The molecule has 0 aliphatic heterocycles. The zero-order valence-electron chi connectivity index (χ0n) is 20.4. The fraction of sp³-hybridized carbons (Fsp3) is 0.231. The van der Waals surface area contributed by atoms with Crippen LogP contribution in [0.1, 0.15) is 27.9 Å². The second-order valence-corrected chi connectivity index (χ2v) is 9.77. The van der Waals surface area contributed by atoms with Crippen molar-refractivity contribution in [1.29, 1.82) is 0 Å². The Balaban J connectivity index is 1.51. The van der Waals surface area contributed by atoms with Gasteiger partial charge in [0.15, 0.2) is 0 Å². The third-order valence-electron chi connectivity index (χ3n) is 5.23. The van der Waals surface area contributed by atoms with Crippen LogP contribution in [-0.4, -0.2) is 56.1 Å². The van der Waals surface area contributed by atoms with Gasteiger partial charge in [-0.1, -0.05) is 42.5 Å². The first-order valence-electron chi connectivity index (χ1n) is 11.8. The molecule has 38 heavy (non-hydrogen) atoms. The molecule has 0 bridgehead atoms. The van der Waals surface area contributed by atoms with Gasteiger partial charge in [-0.15, -0.1) is 0 Å². The van der Waals surface area contributed by atoms with Gasteiger partial charge < -0.3 is 20.5 Å². The summed E-state index contributed by atoms with van der Waals surface area (Å²) >= 11 is 0. The van der Waals surface area contributed by atoms with Crippen molar-refractivity contribution in [3.05, 3.63) is 89.6 Å². The number of nitrogens with zero attached hydrogens (tertiary/aromatic N) is 1. The van der Waals surface area contributed by atoms with Crippen LogP contribution in [0.5, 0.6) is 5.88 Å². The van der Waals surface area contributed by atoms with E-state index in [9.17, 15) is 22.8 Å². The number of hydrogen-bond acceptors (Lipinski definition) is 8. The Kier molecular flexibility index (Phi) is 10.3. The van der Waals surface area contributed by atoms with Crippen LogP contribution in [0.3, 0.4) is 0 Å². The van der Waals surface area contributed by atoms with Crippen LogP contribution >= 0.6 is 0 Å². The molecule has 0 radical (unpaired) electrons. The highest BCUT2D eigenvalue weighted by molar-refractivity contribution is 7.90. The van der Waals surface area contributed by atoms with Crippen molar-refractivity contribution in [2.45, 2.75) is 24.2 Å². The van der Waals surface area contributed by atoms with Crippen molar-refractivity contribution in [1.82, 2.24) is 20.3 Å². The third-order valence-corrected chi connectivity index (χ3v) is 6.56. The molecule has 3 amide bonds. The quantitative estimate of drug-likeness (QED) is 0.269. The molecule has 3 rings (SSSR count). The van der Waals surface area contributed by atoms with E-state index in [1.165, 1.54) is 24.3 Å². The second kappa shape index (κ2) is 13.9. The van der Waals surface area contributed by atoms with E-state index < -0.39 is 22.0 Å². The second-order valence-electron chi connectivity index (χ2n) is 8.09. The van der Waals surface area contributed by atoms with E-state index >= 15 is 0 Å². The van der Waals surface area contributed by atoms with Gasteiger partial charge in [0.1, 0.15) is 0 Å². The first kappa shape index (κ1) is 28.3. The largest absolute Gasteiger partial charge is 0.414 e. The smallest absolute Gasteiger partial charge is 0.395 e. The number of aliphatic hydroxyl groups is 1. The predicted octanol–water partition coefficient (Wildman–Crippen LogP) is 1.57. The highest BCUT2D eigenvalue weighted by Crippen LogP contribution is 2.14. The van der Waals surface area contributed by atoms with Crippen LogP contribution in [0.2, 0.25) is 0 Å². The van der Waals surface area contributed by atoms with Crippen LogP contribution in [0.4, 0.5) is 4.79 Å². The van der Waals surface area contributed by atoms with E-state index in [0.29, 0.717) is 31.4 Å². The average Bonchev–Trinajstić information content (AvgIpc) is 2.91. The van der Waals surface area contributed by atoms with Crippen molar-refractivity contribution in [3.63, 3.8) is 0 Å². The van der Waals surface area contributed by atoms with Gasteiger partial charge in [-0.25, -0.2) is 22.9 Å². The van der Waals surface area contributed by atoms with E-state index in [1.807, 2.05) is 35.1 Å². The Bertz CT molecular complexity index is 1350. The van der Waals surface area contributed by atoms with Gasteiger partial charge in [0.2, 0.25) is 11.8 Å². The number of benzene rings is 2. The van der Waals surface area contributed by atoms with Crippen LogP contribution in [0.15, 0.2) is 77.8 Å². The number of nitrogens with one attached hydrogen (secondary N) is 3. The summed E-state index contributed by atoms with van der Waals surface area (Å²) in [6.07, 6.45) is 1.62. The van der Waals surface area contributed by atoms with Gasteiger partial charge >= 0.3 is 6.09 Å². The highest BCUT2D eigenvalue weighted by atomic mass is 32.2. The summed E-state index contributed by atoms with van der Waals surface area (Å²) in [6, 6.07) is 18.2. The van der Waals surface area contributed by atoms with E-state index in [2.05, 4.69) is 15.6 Å². The van der Waals surface area contributed by atoms with Gasteiger partial charge in [-0.05, 0) is 42.2 Å². The zero-order chi connectivity index (χ0) is 27.4. The topological polar surface area (TPSA) is 164 Å². The maximum Gasteiger partial charge on any atom is 0.414 e. The van der Waals surface area contributed by atoms with Crippen LogP contribution in [-0.2, 0) is 27.7 Å². The number of aryl methyl sites for hydroxylation is 1. The number of sulfonamides is 1. The first-order chi connectivity index (χ1) is 18.3. The molecule has 1 aromatic heterocycles. The number of amides is 3. The summed E-state index contributed by atoms with van der Waals surface area (Å²) in [5, 5.41) is 13.8. The summed E-state index contributed by atoms with van der Waals surface area (Å²) in [5.74, 6) is -1.12. The molecule has 0 unspecified atom stereocenters. The molecule has 0 spiro atoms. The molecule has 11 nitrogen and oxygen atoms in total. The van der Waals surface area contributed by atoms with Gasteiger partial charge in [-0.3, -0.25) is 9.59 Å². The zero-order valence-corrected chi connectivity index (χ0v) is 21.2. The number of carbonyl (C=O) groups is 3. The summed E-state index contributed by atoms with van der Waals surface area (Å²) in [4.78, 5) is 39.8. The fourth-order valence-electron chi connectivity index (χ4n) is 3.31. The molecule has 200 valence electrons. The predicted molar refractivity (Wildman–Crippen MR) is 138 cm³/mol. The number of ether oxygens (including phenoxy) is 1. The van der Waals surface area contributed by atoms with Crippen LogP contribution < -0.4 is 20.1 Å². The molecule has 0 atom stereocenters. The Morgan fingerprint density at radius 2 is 1.63 bits per heavy atom. The maximum absolute atomic E-state index is 12.8. The van der Waals surface area contributed by atoms with E-state index in [1.54, 1.807) is 12.1 Å². The first-order valence-corrected chi connectivity index (χ1v) is 13.2. The molecule has 4 N–H and O–H groups in total. The summed E-state index contributed by atoms with van der Waals surface area (Å²) in [5.41, 5.74) is 1.68. The summed E-state index contributed by atoms with van der Waals surface area (Å²) in [7, 11) is -4.18. The van der Waals surface area contributed by atoms with E-state index in [-0.39, 0.29) is 35.4 Å². The number of aliphatic hydroxyl groups excluding tert-OH is 1. The number of aromatic nitrogens is 1. The monoisotopic (exact) mass is 540 g/mol. The molecule has 12 heteroatoms. The Morgan fingerprint density at radius 3 is 2.34 bits per heavy atom. The van der Waals surface area contributed by atoms with Crippen molar-refractivity contribution >= 4 is 27.9 Å². The molecule has 0 saturated heterocycles. The normalized spacial score (nSPS) is 10.9. The molecule has 1 heterocycles. The number of rotatable bonds is 12. The SMILES string of the molecule is O=C(CCc1ccccc1)NCCc1cccc(S(=O)(=O)NC(=O)c2ccc(OC(=O)NCCO)nc2)c1. The lowest BCUT2D eigenvalue weighted by Crippen LogP contribution is -2.31. The van der Waals surface area contributed by atoms with Crippen LogP contribution in [0, 0.1) is 0 Å². The van der Waals surface area contributed by atoms with Gasteiger partial charge in [0.05, 0.1) is 17.1 Å². The number of hydrogen-bond donors (Lipinski definition) is 4. The summed E-state index contributed by atoms with van der Waals surface area (Å²) < 4.78 is 32.4. The Labute approximate surface area is 220 Å². The minimum absolute atomic E-state index is 0.00176. The van der Waals surface area contributed by atoms with Crippen molar-refractivity contribution in [2.24, 2.45) is 0 Å². The Hall–Kier alpha value is -4.29. The maximum atomic E-state index is 12.8. The standard InChI is InChI=1S/C26H28N4O7S/c31-16-15-28-26(34)37-24-12-10-21(18-29-24)25(33)30-38(35,36)22-8-4-7-20(17-22)13-14-27-23(32)11-9-19-5-2-1-3-6-19/h1-8,10,12,17-18,31H,9,11,13-16H2,(H,27,32)(H,28,34)(H,30,33). The lowest BCUT2D eigenvalue weighted by molar-refractivity contribution is -0.121. The minimum atomic E-state index is -4.18. The molecule has 0 saturated carbocycles. The molecular formula is C26H28N4O7S. The Morgan fingerprint density at radius 1 is 0.868 bits per heavy atom. The third kappa shape index (κ3) is 8.98. The van der Waals surface area contributed by atoms with Crippen molar-refractivity contribution in [3.8, 4) is 5.88 Å². The average molecular weight is 541 g/mol. The molecule has 3 aromatic rings. The molecular weight excluding hydrogens is 512 g/mol. The van der Waals surface area contributed by atoms with Crippen molar-refractivity contribution < 1.29 is 32.6 Å². The van der Waals surface area contributed by atoms with Gasteiger partial charge in [-0.2, -0.15) is 0 Å². The minimum Gasteiger partial charge on any atom is -0.395 e. The lowest BCUT2D eigenvalue weighted by Gasteiger charge is -2.10. The van der Waals surface area contributed by atoms with Gasteiger partial charge in [0, 0.05) is 31.8 Å². The lowest BCUT2D eigenvalue weighted by atomic mass is 10.1. The molecule has 0 aliphatic rings.